The fourth-order valence-corrected chi connectivity index (χ4v) is 3.19. The van der Waals surface area contributed by atoms with Crippen LogP contribution in [0.1, 0.15) is 28.8 Å². The molecule has 3 amide bonds. The third-order valence-corrected chi connectivity index (χ3v) is 4.84. The fourth-order valence-electron chi connectivity index (χ4n) is 3.19. The van der Waals surface area contributed by atoms with Gasteiger partial charge in [-0.1, -0.05) is 24.3 Å². The molecule has 1 saturated heterocycles. The predicted octanol–water partition coefficient (Wildman–Crippen LogP) is 1.37. The number of pyridine rings is 1. The Morgan fingerprint density at radius 1 is 1.00 bits per heavy atom. The highest BCUT2D eigenvalue weighted by Crippen LogP contribution is 2.17. The van der Waals surface area contributed by atoms with Crippen molar-refractivity contribution in [2.24, 2.45) is 5.92 Å². The molecule has 1 aliphatic rings. The minimum atomic E-state index is -0.265. The quantitative estimate of drug-likeness (QED) is 0.792. The Balaban J connectivity index is 1.39. The smallest absolute Gasteiger partial charge is 0.251 e. The number of benzene rings is 1. The van der Waals surface area contributed by atoms with E-state index in [-0.39, 0.29) is 30.2 Å². The highest BCUT2D eigenvalue weighted by molar-refractivity contribution is 5.96. The molecule has 1 aliphatic heterocycles. The molecule has 0 unspecified atom stereocenters. The molecule has 0 atom stereocenters. The van der Waals surface area contributed by atoms with E-state index in [9.17, 15) is 14.4 Å². The van der Waals surface area contributed by atoms with Crippen LogP contribution < -0.4 is 10.6 Å². The van der Waals surface area contributed by atoms with Crippen LogP contribution in [0.4, 0.5) is 0 Å². The molecule has 1 aromatic heterocycles. The Bertz CT molecular complexity index is 803. The zero-order chi connectivity index (χ0) is 19.8. The highest BCUT2D eigenvalue weighted by atomic mass is 16.2. The predicted molar refractivity (Wildman–Crippen MR) is 104 cm³/mol. The van der Waals surface area contributed by atoms with Crippen molar-refractivity contribution in [3.8, 4) is 0 Å². The summed E-state index contributed by atoms with van der Waals surface area (Å²) < 4.78 is 0. The summed E-state index contributed by atoms with van der Waals surface area (Å²) in [6.45, 7) is 1.46. The second-order valence-electron chi connectivity index (χ2n) is 6.78. The van der Waals surface area contributed by atoms with E-state index in [0.29, 0.717) is 38.0 Å². The van der Waals surface area contributed by atoms with Crippen LogP contribution in [0, 0.1) is 5.92 Å². The van der Waals surface area contributed by atoms with Gasteiger partial charge in [0.25, 0.3) is 5.91 Å². The normalized spacial score (nSPS) is 14.4. The average Bonchev–Trinajstić information content (AvgIpc) is 2.77. The Morgan fingerprint density at radius 2 is 1.75 bits per heavy atom. The summed E-state index contributed by atoms with van der Waals surface area (Å²) in [4.78, 5) is 42.4. The maximum absolute atomic E-state index is 12.3. The van der Waals surface area contributed by atoms with Gasteiger partial charge in [-0.3, -0.25) is 19.4 Å². The minimum Gasteiger partial charge on any atom is -0.352 e. The van der Waals surface area contributed by atoms with Crippen LogP contribution in [-0.4, -0.2) is 47.2 Å². The third kappa shape index (κ3) is 5.39. The van der Waals surface area contributed by atoms with Gasteiger partial charge in [-0.2, -0.15) is 0 Å². The average molecular weight is 380 g/mol. The van der Waals surface area contributed by atoms with Crippen LogP contribution in [0.15, 0.2) is 54.9 Å². The lowest BCUT2D eigenvalue weighted by Crippen LogP contribution is -2.46. The van der Waals surface area contributed by atoms with Crippen molar-refractivity contribution < 1.29 is 14.4 Å². The zero-order valence-corrected chi connectivity index (χ0v) is 15.6. The first-order valence-electron chi connectivity index (χ1n) is 9.41. The molecule has 2 heterocycles. The summed E-state index contributed by atoms with van der Waals surface area (Å²) in [6, 6.07) is 12.5. The first-order chi connectivity index (χ1) is 13.6. The summed E-state index contributed by atoms with van der Waals surface area (Å²) in [7, 11) is 0. The van der Waals surface area contributed by atoms with Crippen molar-refractivity contribution in [1.82, 2.24) is 20.5 Å². The van der Waals surface area contributed by atoms with E-state index in [0.717, 1.165) is 5.56 Å². The largest absolute Gasteiger partial charge is 0.352 e. The second-order valence-corrected chi connectivity index (χ2v) is 6.78. The third-order valence-electron chi connectivity index (χ3n) is 4.84. The first-order valence-corrected chi connectivity index (χ1v) is 9.41. The molecule has 7 heteroatoms. The summed E-state index contributed by atoms with van der Waals surface area (Å²) in [5, 5.41) is 5.58. The van der Waals surface area contributed by atoms with E-state index in [2.05, 4.69) is 15.6 Å². The molecule has 146 valence electrons. The van der Waals surface area contributed by atoms with Crippen LogP contribution in [0.3, 0.4) is 0 Å². The zero-order valence-electron chi connectivity index (χ0n) is 15.6. The summed E-state index contributed by atoms with van der Waals surface area (Å²) >= 11 is 0. The molecule has 0 saturated carbocycles. The van der Waals surface area contributed by atoms with Crippen LogP contribution >= 0.6 is 0 Å². The lowest BCUT2D eigenvalue weighted by Gasteiger charge is -2.31. The van der Waals surface area contributed by atoms with Gasteiger partial charge in [0.1, 0.15) is 0 Å². The van der Waals surface area contributed by atoms with Gasteiger partial charge in [-0.05, 0) is 36.6 Å². The van der Waals surface area contributed by atoms with Gasteiger partial charge in [0, 0.05) is 43.5 Å². The van der Waals surface area contributed by atoms with Crippen molar-refractivity contribution in [1.29, 1.82) is 0 Å². The van der Waals surface area contributed by atoms with Crippen LogP contribution in [0.5, 0.6) is 0 Å². The number of carbonyl (C=O) groups excluding carboxylic acids is 3. The Labute approximate surface area is 164 Å². The van der Waals surface area contributed by atoms with E-state index in [4.69, 9.17) is 0 Å². The second kappa shape index (κ2) is 9.64. The summed E-state index contributed by atoms with van der Waals surface area (Å²) in [6.07, 6.45) is 4.67. The number of hydrogen-bond acceptors (Lipinski definition) is 4. The number of aromatic nitrogens is 1. The van der Waals surface area contributed by atoms with E-state index >= 15 is 0 Å². The topological polar surface area (TPSA) is 91.4 Å². The van der Waals surface area contributed by atoms with Crippen molar-refractivity contribution >= 4 is 17.7 Å². The number of carbonyl (C=O) groups is 3. The molecule has 0 radical (unpaired) electrons. The maximum Gasteiger partial charge on any atom is 0.251 e. The van der Waals surface area contributed by atoms with Gasteiger partial charge in [0.2, 0.25) is 11.8 Å². The monoisotopic (exact) mass is 380 g/mol. The summed E-state index contributed by atoms with van der Waals surface area (Å²) in [5.74, 6) is -0.481. The van der Waals surface area contributed by atoms with Gasteiger partial charge in [0.05, 0.1) is 6.54 Å². The van der Waals surface area contributed by atoms with E-state index in [1.165, 1.54) is 0 Å². The molecule has 7 nitrogen and oxygen atoms in total. The number of nitrogens with zero attached hydrogens (tertiary/aromatic N) is 2. The molecule has 1 aromatic carbocycles. The minimum absolute atomic E-state index is 0.00772. The number of likely N-dealkylation sites (tertiary alicyclic amines) is 1. The van der Waals surface area contributed by atoms with Crippen molar-refractivity contribution in [2.45, 2.75) is 19.4 Å². The van der Waals surface area contributed by atoms with Gasteiger partial charge >= 0.3 is 0 Å². The summed E-state index contributed by atoms with van der Waals surface area (Å²) in [5.41, 5.74) is 1.48. The van der Waals surface area contributed by atoms with Crippen LogP contribution in [0.25, 0.3) is 0 Å². The van der Waals surface area contributed by atoms with E-state index < -0.39 is 0 Å². The Kier molecular flexibility index (Phi) is 6.73. The molecular formula is C21H24N4O3. The number of rotatable bonds is 6. The van der Waals surface area contributed by atoms with E-state index in [1.54, 1.807) is 41.6 Å². The van der Waals surface area contributed by atoms with E-state index in [1.807, 2.05) is 18.2 Å². The standard InChI is InChI=1S/C21H24N4O3/c26-19(15-24-20(27)17-6-2-1-3-7-17)25-11-8-18(9-12-25)21(28)23-14-16-5-4-10-22-13-16/h1-7,10,13,18H,8-9,11-12,14-15H2,(H,23,28)(H,24,27). The van der Waals surface area contributed by atoms with Gasteiger partial charge in [0.15, 0.2) is 0 Å². The molecule has 1 fully saturated rings. The number of nitrogens with one attached hydrogen (secondary N) is 2. The molecule has 3 rings (SSSR count). The molecule has 0 spiro atoms. The first kappa shape index (κ1) is 19.5. The Morgan fingerprint density at radius 3 is 2.43 bits per heavy atom. The molecule has 0 aliphatic carbocycles. The van der Waals surface area contributed by atoms with Crippen molar-refractivity contribution in [3.63, 3.8) is 0 Å². The number of amides is 3. The lowest BCUT2D eigenvalue weighted by atomic mass is 9.95. The molecular weight excluding hydrogens is 356 g/mol. The van der Waals surface area contributed by atoms with Gasteiger partial charge < -0.3 is 15.5 Å². The fraction of sp³-hybridized carbons (Fsp3) is 0.333. The molecule has 2 N–H and O–H groups in total. The number of piperidine rings is 1. The SMILES string of the molecule is O=C(NCC(=O)N1CCC(C(=O)NCc2cccnc2)CC1)c1ccccc1. The number of hydrogen-bond donors (Lipinski definition) is 2. The molecule has 28 heavy (non-hydrogen) atoms. The van der Waals surface area contributed by atoms with Crippen molar-refractivity contribution in [3.05, 3.63) is 66.0 Å². The molecule has 0 bridgehead atoms. The van der Waals surface area contributed by atoms with Crippen molar-refractivity contribution in [2.75, 3.05) is 19.6 Å². The lowest BCUT2D eigenvalue weighted by molar-refractivity contribution is -0.134. The molecule has 2 aromatic rings. The van der Waals surface area contributed by atoms with Crippen LogP contribution in [-0.2, 0) is 16.1 Å². The Hall–Kier alpha value is -3.22. The highest BCUT2D eigenvalue weighted by Gasteiger charge is 2.27. The van der Waals surface area contributed by atoms with Gasteiger partial charge in [-0.15, -0.1) is 0 Å². The van der Waals surface area contributed by atoms with Gasteiger partial charge in [-0.25, -0.2) is 0 Å². The maximum atomic E-state index is 12.3. The van der Waals surface area contributed by atoms with Crippen LogP contribution in [0.2, 0.25) is 0 Å².